The highest BCUT2D eigenvalue weighted by Crippen LogP contribution is 2.30. The zero-order valence-electron chi connectivity index (χ0n) is 41.5. The van der Waals surface area contributed by atoms with E-state index in [2.05, 4.69) is 37.2 Å². The number of nitrogens with zero attached hydrogens (tertiary/aromatic N) is 2. The number of hydrogen-bond donors (Lipinski definition) is 7. The highest BCUT2D eigenvalue weighted by molar-refractivity contribution is 5.99. The number of amides is 7. The van der Waals surface area contributed by atoms with Gasteiger partial charge in [0.2, 0.25) is 41.4 Å². The summed E-state index contributed by atoms with van der Waals surface area (Å²) in [5.41, 5.74) is 1.75. The molecule has 372 valence electrons. The maximum Gasteiger partial charge on any atom is 0.246 e. The van der Waals surface area contributed by atoms with Crippen LogP contribution in [0.1, 0.15) is 111 Å². The average molecular weight is 942 g/mol. The molecular weight excluding hydrogens is 867 g/mol. The Hall–Kier alpha value is -5.94. The molecule has 2 fully saturated rings. The number of likely N-dealkylation sites (N-methyl/N-ethyl adjacent to an activating group) is 2. The summed E-state index contributed by atoms with van der Waals surface area (Å²) in [6, 6.07) is 12.5. The molecule has 0 bridgehead atoms. The molecule has 17 nitrogen and oxygen atoms in total. The van der Waals surface area contributed by atoms with E-state index >= 15 is 0 Å². The summed E-state index contributed by atoms with van der Waals surface area (Å²) >= 11 is 0. The second-order valence-corrected chi connectivity index (χ2v) is 18.6. The molecule has 68 heavy (non-hydrogen) atoms. The van der Waals surface area contributed by atoms with Crippen molar-refractivity contribution in [3.63, 3.8) is 0 Å². The molecule has 4 rings (SSSR count). The zero-order valence-corrected chi connectivity index (χ0v) is 41.5. The van der Waals surface area contributed by atoms with Crippen molar-refractivity contribution in [1.82, 2.24) is 47.0 Å². The molecule has 17 heteroatoms. The van der Waals surface area contributed by atoms with Crippen molar-refractivity contribution in [1.29, 1.82) is 0 Å². The van der Waals surface area contributed by atoms with E-state index in [1.807, 2.05) is 102 Å². The van der Waals surface area contributed by atoms with E-state index in [9.17, 15) is 38.4 Å². The molecule has 2 heterocycles. The van der Waals surface area contributed by atoms with E-state index in [-0.39, 0.29) is 74.0 Å². The minimum Gasteiger partial charge on any atom is -0.348 e. The molecule has 7 amide bonds. The number of allylic oxidation sites excluding steroid dienone is 1. The monoisotopic (exact) mass is 942 g/mol. The van der Waals surface area contributed by atoms with Gasteiger partial charge in [-0.3, -0.25) is 38.4 Å². The molecule has 2 aliphatic rings. The predicted octanol–water partition coefficient (Wildman–Crippen LogP) is 2.84. The van der Waals surface area contributed by atoms with Crippen molar-refractivity contribution in [2.75, 3.05) is 27.2 Å². The lowest BCUT2D eigenvalue weighted by Crippen LogP contribution is -2.57. The van der Waals surface area contributed by atoms with Crippen LogP contribution in [-0.2, 0) is 38.4 Å². The third-order valence-electron chi connectivity index (χ3n) is 13.6. The van der Waals surface area contributed by atoms with Crippen molar-refractivity contribution in [3.8, 4) is 0 Å². The molecule has 0 spiro atoms. The number of benzene rings is 2. The van der Waals surface area contributed by atoms with Crippen LogP contribution in [0.2, 0.25) is 0 Å². The Labute approximate surface area is 402 Å². The van der Waals surface area contributed by atoms with Crippen molar-refractivity contribution in [2.45, 2.75) is 142 Å². The molecule has 0 aromatic heterocycles. The quantitative estimate of drug-likeness (QED) is 0.0807. The lowest BCUT2D eigenvalue weighted by atomic mass is 9.97. The van der Waals surface area contributed by atoms with Crippen LogP contribution in [0.25, 0.3) is 0 Å². The molecule has 0 aliphatic carbocycles. The van der Waals surface area contributed by atoms with E-state index in [4.69, 9.17) is 0 Å². The lowest BCUT2D eigenvalue weighted by Gasteiger charge is -2.32. The first kappa shape index (κ1) is 54.7. The summed E-state index contributed by atoms with van der Waals surface area (Å²) in [6.45, 7) is 14.7. The Bertz CT molecular complexity index is 1940. The number of rotatable bonds is 23. The Morgan fingerprint density at radius 1 is 0.588 bits per heavy atom. The van der Waals surface area contributed by atoms with Gasteiger partial charge in [0.25, 0.3) is 0 Å². The molecule has 0 unspecified atom stereocenters. The molecule has 7 N–H and O–H groups in total. The molecule has 2 aliphatic heterocycles. The first-order valence-corrected chi connectivity index (χ1v) is 24.1. The van der Waals surface area contributed by atoms with Gasteiger partial charge in [0.05, 0.1) is 24.2 Å². The van der Waals surface area contributed by atoms with Gasteiger partial charge in [0.1, 0.15) is 24.2 Å². The van der Waals surface area contributed by atoms with Crippen LogP contribution in [0.15, 0.2) is 72.8 Å². The number of ketones is 1. The first-order valence-electron chi connectivity index (χ1n) is 24.1. The largest absolute Gasteiger partial charge is 0.348 e. The summed E-state index contributed by atoms with van der Waals surface area (Å²) in [7, 11) is 3.29. The van der Waals surface area contributed by atoms with Crippen LogP contribution in [-0.4, -0.2) is 126 Å². The van der Waals surface area contributed by atoms with Gasteiger partial charge in [0, 0.05) is 31.6 Å². The van der Waals surface area contributed by atoms with Gasteiger partial charge in [-0.2, -0.15) is 0 Å². The highest BCUT2D eigenvalue weighted by atomic mass is 16.2. The number of nitrogens with one attached hydrogen (secondary N) is 7. The van der Waals surface area contributed by atoms with Gasteiger partial charge in [-0.1, -0.05) is 101 Å². The summed E-state index contributed by atoms with van der Waals surface area (Å²) < 4.78 is 0. The number of likely N-dealkylation sites (tertiary alicyclic amines) is 2. The molecular formula is C51H75N9O8. The molecule has 0 radical (unpaired) electrons. The smallest absolute Gasteiger partial charge is 0.246 e. The Morgan fingerprint density at radius 2 is 1.01 bits per heavy atom. The van der Waals surface area contributed by atoms with E-state index in [1.165, 1.54) is 9.80 Å². The van der Waals surface area contributed by atoms with Crippen molar-refractivity contribution in [3.05, 3.63) is 83.9 Å². The maximum absolute atomic E-state index is 14.4. The molecule has 12 atom stereocenters. The lowest BCUT2D eigenvalue weighted by molar-refractivity contribution is -0.143. The summed E-state index contributed by atoms with van der Waals surface area (Å²) in [5, 5.41) is 20.5. The van der Waals surface area contributed by atoms with Gasteiger partial charge in [-0.15, -0.1) is 0 Å². The number of carbonyl (C=O) groups is 8. The highest BCUT2D eigenvalue weighted by Gasteiger charge is 2.45. The maximum atomic E-state index is 14.4. The topological polar surface area (TPSA) is 227 Å². The fourth-order valence-electron chi connectivity index (χ4n) is 8.58. The molecule has 2 aromatic rings. The van der Waals surface area contributed by atoms with Crippen LogP contribution < -0.4 is 37.2 Å². The molecule has 0 saturated carbocycles. The van der Waals surface area contributed by atoms with E-state index in [1.54, 1.807) is 27.9 Å². The normalized spacial score (nSPS) is 21.6. The summed E-state index contributed by atoms with van der Waals surface area (Å²) in [5.74, 6) is -4.34. The van der Waals surface area contributed by atoms with Gasteiger partial charge in [-0.25, -0.2) is 0 Å². The average Bonchev–Trinajstić information content (AvgIpc) is 3.97. The third-order valence-corrected chi connectivity index (χ3v) is 13.6. The van der Waals surface area contributed by atoms with Crippen molar-refractivity contribution >= 4 is 47.1 Å². The Morgan fingerprint density at radius 3 is 1.44 bits per heavy atom. The second kappa shape index (κ2) is 26.0. The minimum atomic E-state index is -0.969. The Kier molecular flexibility index (Phi) is 20.9. The molecule has 2 aromatic carbocycles. The number of carbonyl (C=O) groups excluding carboxylic acids is 8. The van der Waals surface area contributed by atoms with Crippen molar-refractivity contribution < 1.29 is 38.4 Å². The fraction of sp³-hybridized carbons (Fsp3) is 0.569. The van der Waals surface area contributed by atoms with Crippen LogP contribution in [0.3, 0.4) is 0 Å². The first-order chi connectivity index (χ1) is 32.3. The summed E-state index contributed by atoms with van der Waals surface area (Å²) in [4.78, 5) is 113. The standard InChI is InChI=1S/C51H75N9O8/c1-11-30(3)44(57-46(63)34(7)52-9)50(67)59-28-36(26-41(59)48(65)54-32(5)37-19-15-13-16-20-37)25-40(61)23-24-43(62)56-39-27-42(49(66)55-33(6)38-21-17-14-18-22-38)60(29-39)51(68)45(31(4)12-2)58-47(64)35(8)53-10/h13-24,30-36,39,41-42,44-45,52-53H,11-12,25-29H2,1-10H3,(H,54,65)(H,55,66)(H,56,62)(H,57,63)(H,58,64)/b24-23+/t30-,31-,32+,33+,34-,35-,36-,39-,41-,42-,44-,45-/m0/s1. The van der Waals surface area contributed by atoms with Crippen molar-refractivity contribution in [2.24, 2.45) is 17.8 Å². The van der Waals surface area contributed by atoms with Gasteiger partial charge < -0.3 is 47.0 Å². The minimum absolute atomic E-state index is 0.0151. The van der Waals surface area contributed by atoms with E-state index in [0.717, 1.165) is 23.3 Å². The van der Waals surface area contributed by atoms with Crippen LogP contribution in [0.5, 0.6) is 0 Å². The molecule has 2 saturated heterocycles. The van der Waals surface area contributed by atoms with Gasteiger partial charge >= 0.3 is 0 Å². The predicted molar refractivity (Wildman–Crippen MR) is 260 cm³/mol. The summed E-state index contributed by atoms with van der Waals surface area (Å²) in [6.07, 6.45) is 3.64. The van der Waals surface area contributed by atoms with E-state index in [0.29, 0.717) is 12.8 Å². The fourth-order valence-corrected chi connectivity index (χ4v) is 8.58. The Balaban J connectivity index is 1.50. The third kappa shape index (κ3) is 14.8. The van der Waals surface area contributed by atoms with Gasteiger partial charge in [0.15, 0.2) is 5.78 Å². The number of hydrogen-bond acceptors (Lipinski definition) is 10. The SMILES string of the molecule is CC[C@H](C)[C@H](NC(=O)[C@H](C)NC)C(=O)N1C[C@@H](CC(=O)/C=C/C(=O)N[C@H]2C[C@@H](C(=O)N[C@H](C)c3ccccc3)N(C(=O)[C@@H](NC(=O)[C@H](C)NC)[C@@H](C)CC)C2)C[C@H]1C(=O)N[C@H](C)c1ccccc1. The van der Waals surface area contributed by atoms with Crippen LogP contribution in [0, 0.1) is 17.8 Å². The second-order valence-electron chi connectivity index (χ2n) is 18.6. The van der Waals surface area contributed by atoms with Crippen LogP contribution in [0.4, 0.5) is 0 Å². The van der Waals surface area contributed by atoms with Gasteiger partial charge in [-0.05, 0) is 89.6 Å². The zero-order chi connectivity index (χ0) is 50.2. The van der Waals surface area contributed by atoms with E-state index < -0.39 is 77.6 Å². The van der Waals surface area contributed by atoms with Crippen LogP contribution >= 0.6 is 0 Å².